The lowest BCUT2D eigenvalue weighted by molar-refractivity contribution is -0.137. The van der Waals surface area contributed by atoms with Gasteiger partial charge in [-0.2, -0.15) is 5.10 Å². The van der Waals surface area contributed by atoms with E-state index in [1.807, 2.05) is 11.9 Å². The highest BCUT2D eigenvalue weighted by Gasteiger charge is 2.34. The zero-order valence-electron chi connectivity index (χ0n) is 20.3. The Hall–Kier alpha value is -3.70. The number of anilines is 3. The van der Waals surface area contributed by atoms with Crippen molar-refractivity contribution in [1.29, 1.82) is 0 Å². The number of hydrogen-bond acceptors (Lipinski definition) is 7. The molecule has 0 saturated carbocycles. The van der Waals surface area contributed by atoms with Crippen molar-refractivity contribution < 1.29 is 27.9 Å². The molecule has 2 aromatic carbocycles. The van der Waals surface area contributed by atoms with Crippen LogP contribution < -0.4 is 10.2 Å². The summed E-state index contributed by atoms with van der Waals surface area (Å²) < 4.78 is 33.4. The summed E-state index contributed by atoms with van der Waals surface area (Å²) in [7, 11) is -1.88. The molecular formula is C26H28N4O6S. The molecule has 5 rings (SSSR count). The Kier molecular flexibility index (Phi) is 6.74. The molecule has 1 amide bonds. The fraction of sp³-hybridized carbons (Fsp3) is 0.346. The molecule has 0 radical (unpaired) electrons. The summed E-state index contributed by atoms with van der Waals surface area (Å²) in [5.74, 6) is -1.35. The molecule has 37 heavy (non-hydrogen) atoms. The van der Waals surface area contributed by atoms with Gasteiger partial charge in [0.15, 0.2) is 5.82 Å². The Bertz CT molecular complexity index is 1440. The minimum atomic E-state index is -3.70. The number of nitrogens with one attached hydrogen (secondary N) is 1. The SMILES string of the molecule is CN1c2ccccc2S(=O)(=O)c2ccc(C(CC3CCOCC3)C(=O)Nc3ccn(CC(=O)O)n3)cc21. The zero-order valence-corrected chi connectivity index (χ0v) is 21.1. The Morgan fingerprint density at radius 2 is 1.84 bits per heavy atom. The summed E-state index contributed by atoms with van der Waals surface area (Å²) in [6.07, 6.45) is 3.73. The lowest BCUT2D eigenvalue weighted by Crippen LogP contribution is -2.27. The van der Waals surface area contributed by atoms with Crippen LogP contribution in [0.4, 0.5) is 17.2 Å². The summed E-state index contributed by atoms with van der Waals surface area (Å²) >= 11 is 0. The second-order valence-electron chi connectivity index (χ2n) is 9.38. The van der Waals surface area contributed by atoms with Crippen molar-refractivity contribution in [3.05, 3.63) is 60.3 Å². The minimum Gasteiger partial charge on any atom is -0.480 e. The molecule has 1 saturated heterocycles. The van der Waals surface area contributed by atoms with Gasteiger partial charge in [-0.15, -0.1) is 0 Å². The van der Waals surface area contributed by atoms with Crippen LogP contribution in [0.3, 0.4) is 0 Å². The van der Waals surface area contributed by atoms with Crippen molar-refractivity contribution in [2.45, 2.75) is 41.5 Å². The molecule has 2 aliphatic heterocycles. The number of sulfone groups is 1. The molecule has 1 aromatic heterocycles. The maximum Gasteiger partial charge on any atom is 0.325 e. The summed E-state index contributed by atoms with van der Waals surface area (Å²) in [5.41, 5.74) is 1.81. The predicted octanol–water partition coefficient (Wildman–Crippen LogP) is 3.42. The molecule has 1 atom stereocenters. The van der Waals surface area contributed by atoms with E-state index < -0.39 is 21.7 Å². The third kappa shape index (κ3) is 4.96. The highest BCUT2D eigenvalue weighted by atomic mass is 32.2. The van der Waals surface area contributed by atoms with Gasteiger partial charge >= 0.3 is 5.97 Å². The number of aromatic nitrogens is 2. The minimum absolute atomic E-state index is 0.204. The number of ether oxygens (including phenoxy) is 1. The molecule has 194 valence electrons. The zero-order chi connectivity index (χ0) is 26.2. The highest BCUT2D eigenvalue weighted by molar-refractivity contribution is 7.92. The van der Waals surface area contributed by atoms with Crippen LogP contribution in [-0.2, 0) is 30.7 Å². The number of nitrogens with zero attached hydrogens (tertiary/aromatic N) is 3. The van der Waals surface area contributed by atoms with Crippen LogP contribution in [0, 0.1) is 5.92 Å². The molecule has 2 N–H and O–H groups in total. The van der Waals surface area contributed by atoms with Crippen molar-refractivity contribution in [1.82, 2.24) is 9.78 Å². The summed E-state index contributed by atoms with van der Waals surface area (Å²) in [4.78, 5) is 26.8. The van der Waals surface area contributed by atoms with E-state index in [4.69, 9.17) is 9.84 Å². The third-order valence-electron chi connectivity index (χ3n) is 6.97. The van der Waals surface area contributed by atoms with Gasteiger partial charge in [-0.3, -0.25) is 14.3 Å². The maximum absolute atomic E-state index is 13.6. The van der Waals surface area contributed by atoms with Crippen molar-refractivity contribution >= 4 is 38.9 Å². The average molecular weight is 525 g/mol. The van der Waals surface area contributed by atoms with Crippen LogP contribution in [0.25, 0.3) is 0 Å². The number of para-hydroxylation sites is 1. The molecule has 3 heterocycles. The number of carboxylic acid groups (broad SMARTS) is 1. The molecule has 0 bridgehead atoms. The number of hydrogen-bond donors (Lipinski definition) is 2. The molecule has 10 nitrogen and oxygen atoms in total. The quantitative estimate of drug-likeness (QED) is 0.481. The number of amides is 1. The van der Waals surface area contributed by atoms with E-state index in [0.29, 0.717) is 36.6 Å². The standard InChI is InChI=1S/C26H28N4O6S/c1-29-20-4-2-3-5-22(20)37(34,35)23-7-6-18(15-21(23)29)19(14-17-9-12-36-13-10-17)26(33)27-24-8-11-30(28-24)16-25(31)32/h2-8,11,15,17,19H,9-10,12-14,16H2,1H3,(H,31,32)(H,27,28,33). The Morgan fingerprint density at radius 3 is 2.59 bits per heavy atom. The molecule has 2 aliphatic rings. The van der Waals surface area contributed by atoms with Crippen LogP contribution in [-0.4, -0.2) is 55.4 Å². The summed E-state index contributed by atoms with van der Waals surface area (Å²) in [5, 5.41) is 15.9. The maximum atomic E-state index is 13.6. The van der Waals surface area contributed by atoms with Gasteiger partial charge in [-0.25, -0.2) is 8.42 Å². The van der Waals surface area contributed by atoms with Crippen LogP contribution in [0.2, 0.25) is 0 Å². The summed E-state index contributed by atoms with van der Waals surface area (Å²) in [6, 6.07) is 13.5. The Balaban J connectivity index is 1.48. The van der Waals surface area contributed by atoms with Gasteiger partial charge in [0.1, 0.15) is 6.54 Å². The van der Waals surface area contributed by atoms with Gasteiger partial charge in [-0.05, 0) is 55.0 Å². The third-order valence-corrected chi connectivity index (χ3v) is 8.82. The monoisotopic (exact) mass is 524 g/mol. The largest absolute Gasteiger partial charge is 0.480 e. The van der Waals surface area contributed by atoms with Gasteiger partial charge in [0.25, 0.3) is 0 Å². The Labute approximate surface area is 214 Å². The van der Waals surface area contributed by atoms with E-state index in [1.54, 1.807) is 48.5 Å². The van der Waals surface area contributed by atoms with Crippen LogP contribution in [0.15, 0.2) is 64.5 Å². The predicted molar refractivity (Wildman–Crippen MR) is 136 cm³/mol. The van der Waals surface area contributed by atoms with Crippen molar-refractivity contribution in [2.24, 2.45) is 5.92 Å². The molecule has 1 fully saturated rings. The normalized spacial score (nSPS) is 17.5. The first kappa shape index (κ1) is 25.0. The first-order valence-electron chi connectivity index (χ1n) is 12.1. The number of benzene rings is 2. The first-order chi connectivity index (χ1) is 17.7. The van der Waals surface area contributed by atoms with Gasteiger partial charge < -0.3 is 20.1 Å². The van der Waals surface area contributed by atoms with Crippen LogP contribution >= 0.6 is 0 Å². The molecular weight excluding hydrogens is 496 g/mol. The topological polar surface area (TPSA) is 131 Å². The van der Waals surface area contributed by atoms with Crippen LogP contribution in [0.5, 0.6) is 0 Å². The fourth-order valence-electron chi connectivity index (χ4n) is 5.03. The molecule has 1 unspecified atom stereocenters. The molecule has 11 heteroatoms. The van der Waals surface area contributed by atoms with E-state index in [9.17, 15) is 18.0 Å². The van der Waals surface area contributed by atoms with E-state index in [2.05, 4.69) is 10.4 Å². The average Bonchev–Trinajstić information content (AvgIpc) is 3.32. The highest BCUT2D eigenvalue weighted by Crippen LogP contribution is 2.44. The van der Waals surface area contributed by atoms with Gasteiger partial charge in [-0.1, -0.05) is 18.2 Å². The van der Waals surface area contributed by atoms with E-state index in [0.717, 1.165) is 12.8 Å². The van der Waals surface area contributed by atoms with Gasteiger partial charge in [0, 0.05) is 32.5 Å². The lowest BCUT2D eigenvalue weighted by atomic mass is 9.84. The number of carboxylic acids is 1. The Morgan fingerprint density at radius 1 is 1.11 bits per heavy atom. The molecule has 0 aliphatic carbocycles. The summed E-state index contributed by atoms with van der Waals surface area (Å²) in [6.45, 7) is 0.968. The van der Waals surface area contributed by atoms with Crippen LogP contribution in [0.1, 0.15) is 30.7 Å². The van der Waals surface area contributed by atoms with Gasteiger partial charge in [0.2, 0.25) is 15.7 Å². The number of fused-ring (bicyclic) bond motifs is 2. The van der Waals surface area contributed by atoms with Crippen molar-refractivity contribution in [3.8, 4) is 0 Å². The smallest absolute Gasteiger partial charge is 0.325 e. The first-order valence-corrected chi connectivity index (χ1v) is 13.6. The van der Waals surface area contributed by atoms with E-state index in [1.165, 1.54) is 10.9 Å². The fourth-order valence-corrected chi connectivity index (χ4v) is 6.72. The lowest BCUT2D eigenvalue weighted by Gasteiger charge is -2.31. The van der Waals surface area contributed by atoms with E-state index >= 15 is 0 Å². The molecule has 0 spiro atoms. The number of rotatable bonds is 7. The second kappa shape index (κ2) is 9.98. The van der Waals surface area contributed by atoms with Crippen molar-refractivity contribution in [3.63, 3.8) is 0 Å². The number of aliphatic carboxylic acids is 1. The van der Waals surface area contributed by atoms with E-state index in [-0.39, 0.29) is 34.0 Å². The molecule has 3 aromatic rings. The number of carbonyl (C=O) groups excluding carboxylic acids is 1. The van der Waals surface area contributed by atoms with Crippen molar-refractivity contribution in [2.75, 3.05) is 30.5 Å². The second-order valence-corrected chi connectivity index (χ2v) is 11.3. The van der Waals surface area contributed by atoms with Gasteiger partial charge in [0.05, 0.1) is 27.1 Å². The number of carbonyl (C=O) groups is 2.